The minimum atomic E-state index is -1.03. The molecule has 5 atom stereocenters. The first-order valence-electron chi connectivity index (χ1n) is 12.0. The molecule has 168 valence electrons. The van der Waals surface area contributed by atoms with Crippen molar-refractivity contribution in [1.29, 1.82) is 0 Å². The molecule has 3 aliphatic rings. The molecule has 3 nitrogen and oxygen atoms in total. The highest BCUT2D eigenvalue weighted by Crippen LogP contribution is 2.60. The van der Waals surface area contributed by atoms with E-state index in [1.807, 2.05) is 6.08 Å². The molecule has 0 aliphatic heterocycles. The minimum absolute atomic E-state index is 0.243. The molecule has 0 spiro atoms. The minimum Gasteiger partial charge on any atom is -0.390 e. The van der Waals surface area contributed by atoms with Gasteiger partial charge in [-0.3, -0.25) is 4.79 Å². The van der Waals surface area contributed by atoms with Crippen LogP contribution in [0.1, 0.15) is 91.9 Å². The second kappa shape index (κ2) is 9.12. The van der Waals surface area contributed by atoms with Crippen LogP contribution in [0.2, 0.25) is 0 Å². The molecule has 0 radical (unpaired) electrons. The number of hydrogen-bond donors (Lipinski definition) is 2. The highest BCUT2D eigenvalue weighted by molar-refractivity contribution is 5.92. The van der Waals surface area contributed by atoms with Gasteiger partial charge in [0.2, 0.25) is 0 Å². The van der Waals surface area contributed by atoms with Gasteiger partial charge in [0.05, 0.1) is 11.7 Å². The molecule has 0 heterocycles. The van der Waals surface area contributed by atoms with Gasteiger partial charge in [0, 0.05) is 6.42 Å². The van der Waals surface area contributed by atoms with Crippen molar-refractivity contribution in [3.8, 4) is 0 Å². The molecule has 0 amide bonds. The second-order valence-corrected chi connectivity index (χ2v) is 11.0. The van der Waals surface area contributed by atoms with Crippen LogP contribution in [-0.4, -0.2) is 27.7 Å². The van der Waals surface area contributed by atoms with Crippen LogP contribution in [0.25, 0.3) is 0 Å². The van der Waals surface area contributed by atoms with Crippen molar-refractivity contribution in [2.75, 3.05) is 0 Å². The van der Waals surface area contributed by atoms with E-state index in [2.05, 4.69) is 26.5 Å². The van der Waals surface area contributed by atoms with E-state index in [-0.39, 0.29) is 5.78 Å². The van der Waals surface area contributed by atoms with Gasteiger partial charge in [-0.15, -0.1) is 0 Å². The maximum atomic E-state index is 11.8. The Labute approximate surface area is 183 Å². The number of carbonyl (C=O) groups is 1. The number of aliphatic hydroxyl groups excluding tert-OH is 1. The molecule has 3 aliphatic carbocycles. The summed E-state index contributed by atoms with van der Waals surface area (Å²) in [6.45, 7) is 12.4. The fourth-order valence-electron chi connectivity index (χ4n) is 6.48. The summed E-state index contributed by atoms with van der Waals surface area (Å²) in [5.74, 6) is 2.11. The fraction of sp³-hybridized carbons (Fsp3) is 0.741. The summed E-state index contributed by atoms with van der Waals surface area (Å²) in [4.78, 5) is 11.8. The topological polar surface area (TPSA) is 57.5 Å². The summed E-state index contributed by atoms with van der Waals surface area (Å²) < 4.78 is 0. The van der Waals surface area contributed by atoms with Gasteiger partial charge in [-0.2, -0.15) is 0 Å². The molecule has 0 aromatic rings. The first-order chi connectivity index (χ1) is 14.0. The van der Waals surface area contributed by atoms with E-state index in [0.717, 1.165) is 30.4 Å². The van der Waals surface area contributed by atoms with Crippen LogP contribution in [0.15, 0.2) is 35.5 Å². The van der Waals surface area contributed by atoms with Gasteiger partial charge in [-0.25, -0.2) is 0 Å². The van der Waals surface area contributed by atoms with E-state index in [1.165, 1.54) is 32.1 Å². The van der Waals surface area contributed by atoms with Gasteiger partial charge in [-0.1, -0.05) is 37.6 Å². The average Bonchev–Trinajstić information content (AvgIpc) is 3.03. The third-order valence-electron chi connectivity index (χ3n) is 8.48. The predicted molar refractivity (Wildman–Crippen MR) is 123 cm³/mol. The van der Waals surface area contributed by atoms with E-state index in [1.54, 1.807) is 19.4 Å². The van der Waals surface area contributed by atoms with Crippen molar-refractivity contribution in [1.82, 2.24) is 0 Å². The normalized spacial score (nSPS) is 33.4. The summed E-state index contributed by atoms with van der Waals surface area (Å²) in [6, 6.07) is 0. The number of allylic oxidation sites excluding steroid dienone is 5. The molecule has 0 bridgehead atoms. The number of aliphatic hydroxyl groups is 2. The van der Waals surface area contributed by atoms with Crippen molar-refractivity contribution in [2.24, 2.45) is 23.2 Å². The molecule has 2 saturated carbocycles. The summed E-state index contributed by atoms with van der Waals surface area (Å²) in [7, 11) is 0. The van der Waals surface area contributed by atoms with Gasteiger partial charge >= 0.3 is 0 Å². The Kier molecular flexibility index (Phi) is 7.14. The average molecular weight is 415 g/mol. The largest absolute Gasteiger partial charge is 0.390 e. The third-order valence-corrected chi connectivity index (χ3v) is 8.48. The molecule has 3 rings (SSSR count). The van der Waals surface area contributed by atoms with Crippen LogP contribution < -0.4 is 0 Å². The van der Waals surface area contributed by atoms with Crippen molar-refractivity contribution in [3.05, 3.63) is 35.5 Å². The van der Waals surface area contributed by atoms with Crippen LogP contribution >= 0.6 is 0 Å². The molecule has 0 saturated heterocycles. The van der Waals surface area contributed by atoms with Gasteiger partial charge in [0.25, 0.3) is 0 Å². The first-order valence-corrected chi connectivity index (χ1v) is 12.0. The summed E-state index contributed by atoms with van der Waals surface area (Å²) in [6.07, 6.45) is 13.7. The highest BCUT2D eigenvalue weighted by Gasteiger charge is 2.50. The Morgan fingerprint density at radius 1 is 1.27 bits per heavy atom. The van der Waals surface area contributed by atoms with Crippen LogP contribution in [0.4, 0.5) is 0 Å². The van der Waals surface area contributed by atoms with E-state index < -0.39 is 11.7 Å². The maximum absolute atomic E-state index is 11.8. The number of hydrogen-bond acceptors (Lipinski definition) is 3. The van der Waals surface area contributed by atoms with Crippen molar-refractivity contribution in [3.63, 3.8) is 0 Å². The Morgan fingerprint density at radius 2 is 2.00 bits per heavy atom. The third kappa shape index (κ3) is 4.99. The van der Waals surface area contributed by atoms with E-state index in [4.69, 9.17) is 0 Å². The zero-order valence-corrected chi connectivity index (χ0v) is 19.5. The van der Waals surface area contributed by atoms with Crippen LogP contribution in [0, 0.1) is 23.2 Å². The Morgan fingerprint density at radius 3 is 2.70 bits per heavy atom. The Hall–Kier alpha value is -1.19. The van der Waals surface area contributed by atoms with Gasteiger partial charge in [-0.05, 0) is 106 Å². The second-order valence-electron chi connectivity index (χ2n) is 11.0. The first kappa shape index (κ1) is 23.5. The molecule has 0 aromatic heterocycles. The van der Waals surface area contributed by atoms with E-state index in [9.17, 15) is 15.0 Å². The standard InChI is InChI=1S/C27H42O3/c1-18-8-12-22(28)17-21(18)11-10-20-7-6-16-27(5)23(13-14-24(20)27)19(2)9-15-25(29)26(3,4)30/h10,17,19,23-25,29-30H,1,6-9,11-16H2,2-5H3/t19-,23-,24+,25-,27-/m1/s1. The lowest BCUT2D eigenvalue weighted by atomic mass is 9.60. The molecular formula is C27H42O3. The molecular weight excluding hydrogens is 372 g/mol. The quantitative estimate of drug-likeness (QED) is 0.509. The molecule has 2 fully saturated rings. The summed E-state index contributed by atoms with van der Waals surface area (Å²) >= 11 is 0. The highest BCUT2D eigenvalue weighted by atomic mass is 16.3. The van der Waals surface area contributed by atoms with E-state index in [0.29, 0.717) is 36.0 Å². The maximum Gasteiger partial charge on any atom is 0.156 e. The number of carbonyl (C=O) groups excluding carboxylic acids is 1. The smallest absolute Gasteiger partial charge is 0.156 e. The Balaban J connectivity index is 1.67. The van der Waals surface area contributed by atoms with Crippen LogP contribution in [-0.2, 0) is 4.79 Å². The van der Waals surface area contributed by atoms with Crippen LogP contribution in [0.5, 0.6) is 0 Å². The lowest BCUT2D eigenvalue weighted by Gasteiger charge is -2.44. The molecule has 2 N–H and O–H groups in total. The lowest BCUT2D eigenvalue weighted by molar-refractivity contribution is -0.114. The molecule has 0 unspecified atom stereocenters. The predicted octanol–water partition coefficient (Wildman–Crippen LogP) is 5.91. The number of fused-ring (bicyclic) bond motifs is 1. The molecule has 30 heavy (non-hydrogen) atoms. The zero-order valence-electron chi connectivity index (χ0n) is 19.5. The van der Waals surface area contributed by atoms with Gasteiger partial charge < -0.3 is 10.2 Å². The summed E-state index contributed by atoms with van der Waals surface area (Å²) in [5, 5.41) is 20.3. The zero-order chi connectivity index (χ0) is 22.1. The van der Waals surface area contributed by atoms with Crippen LogP contribution in [0.3, 0.4) is 0 Å². The van der Waals surface area contributed by atoms with Crippen molar-refractivity contribution < 1.29 is 15.0 Å². The lowest BCUT2D eigenvalue weighted by Crippen LogP contribution is -2.38. The number of ketones is 1. The molecule has 0 aromatic carbocycles. The number of rotatable bonds is 7. The Bertz CT molecular complexity index is 723. The van der Waals surface area contributed by atoms with E-state index >= 15 is 0 Å². The molecule has 3 heteroatoms. The SMILES string of the molecule is C=C1CCC(=O)C=C1CC=C1CCC[C@]2(C)[C@@H]([C@H](C)CC[C@@H](O)C(C)(C)O)CC[C@@H]12. The monoisotopic (exact) mass is 414 g/mol. The van der Waals surface area contributed by atoms with Crippen molar-refractivity contribution in [2.45, 2.75) is 104 Å². The fourth-order valence-corrected chi connectivity index (χ4v) is 6.48. The van der Waals surface area contributed by atoms with Crippen molar-refractivity contribution >= 4 is 5.78 Å². The van der Waals surface area contributed by atoms with Gasteiger partial charge in [0.1, 0.15) is 0 Å². The summed E-state index contributed by atoms with van der Waals surface area (Å²) in [5.41, 5.74) is 3.17. The van der Waals surface area contributed by atoms with Gasteiger partial charge in [0.15, 0.2) is 5.78 Å².